The first-order valence-electron chi connectivity index (χ1n) is 4.50. The van der Waals surface area contributed by atoms with Gasteiger partial charge in [0.15, 0.2) is 0 Å². The van der Waals surface area contributed by atoms with E-state index in [1.54, 1.807) is 24.3 Å². The molecule has 0 amide bonds. The molecule has 1 aromatic rings. The Morgan fingerprint density at radius 3 is 2.44 bits per heavy atom. The van der Waals surface area contributed by atoms with Crippen molar-refractivity contribution in [3.05, 3.63) is 35.9 Å². The van der Waals surface area contributed by atoms with E-state index >= 15 is 0 Å². The van der Waals surface area contributed by atoms with E-state index in [9.17, 15) is 9.59 Å². The molecule has 16 heavy (non-hydrogen) atoms. The predicted molar refractivity (Wildman–Crippen MR) is 53.3 cm³/mol. The zero-order chi connectivity index (χ0) is 12.0. The number of carboxylic acid groups (broad SMARTS) is 1. The molecule has 6 heteroatoms. The van der Waals surface area contributed by atoms with Gasteiger partial charge in [-0.2, -0.15) is 0 Å². The van der Waals surface area contributed by atoms with Gasteiger partial charge in [-0.05, 0) is 12.0 Å². The summed E-state index contributed by atoms with van der Waals surface area (Å²) >= 11 is 0. The maximum absolute atomic E-state index is 11.1. The first-order valence-corrected chi connectivity index (χ1v) is 4.50. The summed E-state index contributed by atoms with van der Waals surface area (Å²) < 4.78 is 0. The van der Waals surface area contributed by atoms with Gasteiger partial charge < -0.3 is 10.8 Å². The second kappa shape index (κ2) is 5.72. The van der Waals surface area contributed by atoms with Gasteiger partial charge in [0.05, 0.1) is 0 Å². The van der Waals surface area contributed by atoms with E-state index in [1.165, 1.54) is 0 Å². The number of benzene rings is 1. The van der Waals surface area contributed by atoms with Crippen LogP contribution in [0.5, 0.6) is 0 Å². The molecule has 0 bridgehead atoms. The third-order valence-electron chi connectivity index (χ3n) is 1.80. The molecule has 0 fully saturated rings. The highest BCUT2D eigenvalue weighted by molar-refractivity contribution is 5.76. The highest BCUT2D eigenvalue weighted by atomic mass is 17.2. The molecule has 0 aliphatic rings. The molecule has 0 saturated carbocycles. The zero-order valence-corrected chi connectivity index (χ0v) is 8.33. The van der Waals surface area contributed by atoms with Crippen molar-refractivity contribution in [2.45, 2.75) is 12.5 Å². The Bertz CT molecular complexity index is 365. The first-order chi connectivity index (χ1) is 7.59. The van der Waals surface area contributed by atoms with Gasteiger partial charge in [-0.3, -0.25) is 0 Å². The topological polar surface area (TPSA) is 98.9 Å². The van der Waals surface area contributed by atoms with Crippen LogP contribution in [0.3, 0.4) is 0 Å². The molecule has 0 radical (unpaired) electrons. The monoisotopic (exact) mass is 225 g/mol. The average Bonchev–Trinajstić information content (AvgIpc) is 2.27. The van der Waals surface area contributed by atoms with Crippen LogP contribution < -0.4 is 5.73 Å². The van der Waals surface area contributed by atoms with Crippen molar-refractivity contribution in [1.82, 2.24) is 0 Å². The molecule has 0 heterocycles. The van der Waals surface area contributed by atoms with Crippen molar-refractivity contribution >= 4 is 12.1 Å². The largest absolute Gasteiger partial charge is 0.547 e. The highest BCUT2D eigenvalue weighted by Gasteiger charge is 2.18. The molecule has 6 nitrogen and oxygen atoms in total. The molecule has 1 unspecified atom stereocenters. The van der Waals surface area contributed by atoms with Crippen molar-refractivity contribution in [3.8, 4) is 0 Å². The van der Waals surface area contributed by atoms with Gasteiger partial charge in [0.1, 0.15) is 6.04 Å². The van der Waals surface area contributed by atoms with Crippen LogP contribution in [0.1, 0.15) is 5.56 Å². The van der Waals surface area contributed by atoms with E-state index < -0.39 is 18.2 Å². The summed E-state index contributed by atoms with van der Waals surface area (Å²) in [7, 11) is 0. The van der Waals surface area contributed by atoms with Gasteiger partial charge in [-0.15, -0.1) is 0 Å². The van der Waals surface area contributed by atoms with Crippen LogP contribution in [-0.2, 0) is 21.0 Å². The standard InChI is InChI=1S/C10H11NO5/c11-8(9(12)15-16-10(13)14)6-7-4-2-1-3-5-7/h1-5,8H,6,11H2,(H,13,14). The minimum atomic E-state index is -1.69. The van der Waals surface area contributed by atoms with E-state index in [2.05, 4.69) is 9.78 Å². The predicted octanol–water partition coefficient (Wildman–Crippen LogP) is 0.709. The van der Waals surface area contributed by atoms with Crippen molar-refractivity contribution in [2.75, 3.05) is 0 Å². The molecular weight excluding hydrogens is 214 g/mol. The molecular formula is C10H11NO5. The summed E-state index contributed by atoms with van der Waals surface area (Å²) in [5.74, 6) is -0.925. The molecule has 86 valence electrons. The van der Waals surface area contributed by atoms with E-state index in [-0.39, 0.29) is 6.42 Å². The van der Waals surface area contributed by atoms with Crippen molar-refractivity contribution in [1.29, 1.82) is 0 Å². The van der Waals surface area contributed by atoms with E-state index in [0.717, 1.165) is 5.56 Å². The lowest BCUT2D eigenvalue weighted by Crippen LogP contribution is -2.34. The van der Waals surface area contributed by atoms with Gasteiger partial charge in [0.2, 0.25) is 0 Å². The molecule has 0 spiro atoms. The lowest BCUT2D eigenvalue weighted by Gasteiger charge is -2.08. The average molecular weight is 225 g/mol. The number of carbonyl (C=O) groups is 2. The summed E-state index contributed by atoms with van der Waals surface area (Å²) in [5, 5.41) is 8.09. The number of hydrogen-bond donors (Lipinski definition) is 2. The second-order valence-corrected chi connectivity index (χ2v) is 3.05. The van der Waals surface area contributed by atoms with Crippen LogP contribution in [0.15, 0.2) is 30.3 Å². The number of rotatable bonds is 3. The van der Waals surface area contributed by atoms with Crippen molar-refractivity contribution in [3.63, 3.8) is 0 Å². The second-order valence-electron chi connectivity index (χ2n) is 3.05. The molecule has 0 aliphatic carbocycles. The van der Waals surface area contributed by atoms with E-state index in [1.807, 2.05) is 6.07 Å². The maximum atomic E-state index is 11.1. The van der Waals surface area contributed by atoms with Crippen molar-refractivity contribution < 1.29 is 24.5 Å². The highest BCUT2D eigenvalue weighted by Crippen LogP contribution is 2.03. The SMILES string of the molecule is NC(Cc1ccccc1)C(=O)OOC(=O)O. The number of hydrogen-bond acceptors (Lipinski definition) is 5. The molecule has 0 saturated heterocycles. The Balaban J connectivity index is 2.43. The normalized spacial score (nSPS) is 11.6. The fraction of sp³-hybridized carbons (Fsp3) is 0.200. The molecule has 0 aromatic heterocycles. The summed E-state index contributed by atoms with van der Waals surface area (Å²) in [4.78, 5) is 28.7. The third-order valence-corrected chi connectivity index (χ3v) is 1.80. The lowest BCUT2D eigenvalue weighted by atomic mass is 10.1. The molecule has 3 N–H and O–H groups in total. The van der Waals surface area contributed by atoms with Crippen LogP contribution in [0, 0.1) is 0 Å². The lowest BCUT2D eigenvalue weighted by molar-refractivity contribution is -0.242. The smallest absolute Gasteiger partial charge is 0.447 e. The molecule has 0 aliphatic heterocycles. The van der Waals surface area contributed by atoms with Gasteiger partial charge in [-0.25, -0.2) is 19.4 Å². The fourth-order valence-corrected chi connectivity index (χ4v) is 1.09. The molecule has 1 aromatic carbocycles. The Kier molecular flexibility index (Phi) is 4.28. The Hall–Kier alpha value is -2.08. The molecule has 1 rings (SSSR count). The minimum Gasteiger partial charge on any atom is -0.447 e. The Morgan fingerprint density at radius 1 is 1.25 bits per heavy atom. The Morgan fingerprint density at radius 2 is 1.88 bits per heavy atom. The van der Waals surface area contributed by atoms with Crippen LogP contribution in [-0.4, -0.2) is 23.3 Å². The van der Waals surface area contributed by atoms with Crippen LogP contribution >= 0.6 is 0 Å². The summed E-state index contributed by atoms with van der Waals surface area (Å²) in [5.41, 5.74) is 6.34. The van der Waals surface area contributed by atoms with E-state index in [4.69, 9.17) is 10.8 Å². The molecule has 1 atom stereocenters. The van der Waals surface area contributed by atoms with Crippen molar-refractivity contribution in [2.24, 2.45) is 5.73 Å². The first kappa shape index (κ1) is 12.0. The Labute approximate surface area is 91.5 Å². The summed E-state index contributed by atoms with van der Waals surface area (Å²) in [6, 6.07) is 8.08. The zero-order valence-electron chi connectivity index (χ0n) is 8.33. The van der Waals surface area contributed by atoms with Crippen LogP contribution in [0.2, 0.25) is 0 Å². The van der Waals surface area contributed by atoms with Crippen LogP contribution in [0.25, 0.3) is 0 Å². The van der Waals surface area contributed by atoms with Gasteiger partial charge >= 0.3 is 12.1 Å². The fourth-order valence-electron chi connectivity index (χ4n) is 1.09. The maximum Gasteiger partial charge on any atom is 0.547 e. The van der Waals surface area contributed by atoms with Gasteiger partial charge in [0, 0.05) is 0 Å². The number of carbonyl (C=O) groups excluding carboxylic acids is 1. The number of nitrogens with two attached hydrogens (primary N) is 1. The van der Waals surface area contributed by atoms with E-state index in [0.29, 0.717) is 0 Å². The van der Waals surface area contributed by atoms with Gasteiger partial charge in [-0.1, -0.05) is 30.3 Å². The minimum absolute atomic E-state index is 0.253. The quantitative estimate of drug-likeness (QED) is 0.580. The van der Waals surface area contributed by atoms with Crippen LogP contribution in [0.4, 0.5) is 4.79 Å². The summed E-state index contributed by atoms with van der Waals surface area (Å²) in [6.07, 6.45) is -1.44. The van der Waals surface area contributed by atoms with Gasteiger partial charge in [0.25, 0.3) is 0 Å². The third kappa shape index (κ3) is 3.97. The summed E-state index contributed by atoms with van der Waals surface area (Å²) in [6.45, 7) is 0.